The van der Waals surface area contributed by atoms with Gasteiger partial charge in [-0.05, 0) is 26.8 Å². The van der Waals surface area contributed by atoms with Gasteiger partial charge in [-0.1, -0.05) is 0 Å². The summed E-state index contributed by atoms with van der Waals surface area (Å²) in [6, 6.07) is 1.20. The number of rotatable bonds is 3. The highest BCUT2D eigenvalue weighted by Gasteiger charge is 2.23. The molecule has 1 N–H and O–H groups in total. The molecule has 0 aliphatic carbocycles. The first-order valence-corrected chi connectivity index (χ1v) is 6.50. The second-order valence-corrected chi connectivity index (χ2v) is 5.07. The third kappa shape index (κ3) is 2.56. The summed E-state index contributed by atoms with van der Waals surface area (Å²) in [6.07, 6.45) is 4.41. The Morgan fingerprint density at radius 1 is 1.53 bits per heavy atom. The number of nitrogens with zero attached hydrogens (tertiary/aromatic N) is 2. The largest absolute Gasteiger partial charge is 0.317 e. The van der Waals surface area contributed by atoms with E-state index in [-0.39, 0.29) is 0 Å². The predicted molar refractivity (Wildman–Crippen MR) is 64.2 cm³/mol. The summed E-state index contributed by atoms with van der Waals surface area (Å²) in [6.45, 7) is 4.64. The zero-order chi connectivity index (χ0) is 10.7. The first kappa shape index (κ1) is 11.0. The molecule has 0 spiro atoms. The molecular formula is C11H19N3S. The van der Waals surface area contributed by atoms with E-state index in [1.807, 2.05) is 6.20 Å². The average Bonchev–Trinajstić information content (AvgIpc) is 2.82. The molecule has 0 amide bonds. The summed E-state index contributed by atoms with van der Waals surface area (Å²) >= 11 is 1.76. The topological polar surface area (TPSA) is 28.2 Å². The van der Waals surface area contributed by atoms with Crippen LogP contribution in [-0.2, 0) is 0 Å². The minimum atomic E-state index is 0.489. The Balaban J connectivity index is 1.90. The number of thiazole rings is 1. The molecule has 1 aliphatic heterocycles. The van der Waals surface area contributed by atoms with E-state index in [2.05, 4.69) is 34.6 Å². The molecule has 0 aromatic carbocycles. The van der Waals surface area contributed by atoms with Crippen molar-refractivity contribution in [2.45, 2.75) is 31.8 Å². The van der Waals surface area contributed by atoms with Crippen molar-refractivity contribution in [3.05, 3.63) is 16.6 Å². The summed E-state index contributed by atoms with van der Waals surface area (Å²) in [4.78, 5) is 6.93. The third-order valence-electron chi connectivity index (χ3n) is 3.29. The fourth-order valence-corrected chi connectivity index (χ4v) is 2.90. The minimum absolute atomic E-state index is 0.489. The lowest BCUT2D eigenvalue weighted by Crippen LogP contribution is -2.42. The van der Waals surface area contributed by atoms with Gasteiger partial charge < -0.3 is 5.32 Å². The van der Waals surface area contributed by atoms with Crippen molar-refractivity contribution < 1.29 is 0 Å². The van der Waals surface area contributed by atoms with E-state index in [4.69, 9.17) is 0 Å². The molecule has 84 valence electrons. The molecule has 1 aromatic rings. The SMILES string of the molecule is CNC1CCN([C@@H](C)c2nccs2)CC1. The van der Waals surface area contributed by atoms with Gasteiger partial charge in [0.25, 0.3) is 0 Å². The second kappa shape index (κ2) is 5.05. The van der Waals surface area contributed by atoms with Crippen LogP contribution in [0.4, 0.5) is 0 Å². The van der Waals surface area contributed by atoms with Crippen LogP contribution in [0.2, 0.25) is 0 Å². The van der Waals surface area contributed by atoms with Gasteiger partial charge in [0, 0.05) is 30.7 Å². The first-order chi connectivity index (χ1) is 7.31. The van der Waals surface area contributed by atoms with Gasteiger partial charge in [0.2, 0.25) is 0 Å². The van der Waals surface area contributed by atoms with Crippen LogP contribution in [0, 0.1) is 0 Å². The fraction of sp³-hybridized carbons (Fsp3) is 0.727. The van der Waals surface area contributed by atoms with Crippen molar-refractivity contribution in [3.63, 3.8) is 0 Å². The molecule has 1 saturated heterocycles. The number of piperidine rings is 1. The van der Waals surface area contributed by atoms with E-state index in [0.29, 0.717) is 12.1 Å². The average molecular weight is 225 g/mol. The van der Waals surface area contributed by atoms with Crippen molar-refractivity contribution >= 4 is 11.3 Å². The van der Waals surface area contributed by atoms with Crippen LogP contribution in [-0.4, -0.2) is 36.1 Å². The summed E-state index contributed by atoms with van der Waals surface area (Å²) in [5, 5.41) is 6.67. The van der Waals surface area contributed by atoms with E-state index in [9.17, 15) is 0 Å². The lowest BCUT2D eigenvalue weighted by Gasteiger charge is -2.35. The normalized spacial score (nSPS) is 21.7. The van der Waals surface area contributed by atoms with E-state index < -0.39 is 0 Å². The summed E-state index contributed by atoms with van der Waals surface area (Å²) in [5.74, 6) is 0. The number of likely N-dealkylation sites (tertiary alicyclic amines) is 1. The van der Waals surface area contributed by atoms with Gasteiger partial charge in [-0.25, -0.2) is 4.98 Å². The maximum Gasteiger partial charge on any atom is 0.109 e. The van der Waals surface area contributed by atoms with Gasteiger partial charge in [-0.2, -0.15) is 0 Å². The van der Waals surface area contributed by atoms with Crippen LogP contribution in [0.25, 0.3) is 0 Å². The molecule has 1 aromatic heterocycles. The molecule has 2 rings (SSSR count). The molecule has 0 bridgehead atoms. The van der Waals surface area contributed by atoms with Crippen molar-refractivity contribution in [2.75, 3.05) is 20.1 Å². The highest BCUT2D eigenvalue weighted by molar-refractivity contribution is 7.09. The summed E-state index contributed by atoms with van der Waals surface area (Å²) in [5.41, 5.74) is 0. The zero-order valence-corrected chi connectivity index (χ0v) is 10.3. The Bertz CT molecular complexity index is 278. The quantitative estimate of drug-likeness (QED) is 0.851. The third-order valence-corrected chi connectivity index (χ3v) is 4.24. The number of hydrogen-bond donors (Lipinski definition) is 1. The van der Waals surface area contributed by atoms with E-state index in [0.717, 1.165) is 0 Å². The van der Waals surface area contributed by atoms with Gasteiger partial charge >= 0.3 is 0 Å². The molecule has 1 aliphatic rings. The Labute approximate surface area is 95.5 Å². The standard InChI is InChI=1S/C11H19N3S/c1-9(11-13-5-8-15-11)14-6-3-10(12-2)4-7-14/h5,8-10,12H,3-4,6-7H2,1-2H3/t9-/m0/s1. The number of nitrogens with one attached hydrogen (secondary N) is 1. The Morgan fingerprint density at radius 3 is 2.80 bits per heavy atom. The molecule has 4 heteroatoms. The molecule has 2 heterocycles. The molecule has 15 heavy (non-hydrogen) atoms. The lowest BCUT2D eigenvalue weighted by atomic mass is 10.0. The molecule has 0 saturated carbocycles. The molecule has 0 radical (unpaired) electrons. The van der Waals surface area contributed by atoms with Gasteiger partial charge in [-0.3, -0.25) is 4.90 Å². The van der Waals surface area contributed by atoms with Crippen LogP contribution < -0.4 is 5.32 Å². The van der Waals surface area contributed by atoms with Crippen molar-refractivity contribution in [3.8, 4) is 0 Å². The Hall–Kier alpha value is -0.450. The van der Waals surface area contributed by atoms with Gasteiger partial charge in [0.15, 0.2) is 0 Å². The van der Waals surface area contributed by atoms with Crippen LogP contribution in [0.5, 0.6) is 0 Å². The van der Waals surface area contributed by atoms with Crippen molar-refractivity contribution in [1.82, 2.24) is 15.2 Å². The number of aromatic nitrogens is 1. The van der Waals surface area contributed by atoms with Crippen molar-refractivity contribution in [1.29, 1.82) is 0 Å². The molecule has 0 unspecified atom stereocenters. The summed E-state index contributed by atoms with van der Waals surface area (Å²) in [7, 11) is 2.06. The van der Waals surface area contributed by atoms with E-state index in [1.54, 1.807) is 11.3 Å². The van der Waals surface area contributed by atoms with Crippen LogP contribution in [0.15, 0.2) is 11.6 Å². The van der Waals surface area contributed by atoms with Gasteiger partial charge in [-0.15, -0.1) is 11.3 Å². The van der Waals surface area contributed by atoms with Crippen LogP contribution in [0.1, 0.15) is 30.8 Å². The van der Waals surface area contributed by atoms with Crippen LogP contribution >= 0.6 is 11.3 Å². The van der Waals surface area contributed by atoms with E-state index in [1.165, 1.54) is 30.9 Å². The van der Waals surface area contributed by atoms with E-state index >= 15 is 0 Å². The van der Waals surface area contributed by atoms with Gasteiger partial charge in [0.05, 0.1) is 6.04 Å². The molecule has 1 atom stereocenters. The predicted octanol–water partition coefficient (Wildman–Crippen LogP) is 1.89. The van der Waals surface area contributed by atoms with Crippen LogP contribution in [0.3, 0.4) is 0 Å². The Morgan fingerprint density at radius 2 is 2.27 bits per heavy atom. The monoisotopic (exact) mass is 225 g/mol. The minimum Gasteiger partial charge on any atom is -0.317 e. The highest BCUT2D eigenvalue weighted by atomic mass is 32.1. The first-order valence-electron chi connectivity index (χ1n) is 5.62. The lowest BCUT2D eigenvalue weighted by molar-refractivity contribution is 0.155. The molecular weight excluding hydrogens is 206 g/mol. The van der Waals surface area contributed by atoms with Gasteiger partial charge in [0.1, 0.15) is 5.01 Å². The maximum atomic E-state index is 4.39. The molecule has 1 fully saturated rings. The second-order valence-electron chi connectivity index (χ2n) is 4.15. The van der Waals surface area contributed by atoms with Crippen molar-refractivity contribution in [2.24, 2.45) is 0 Å². The smallest absolute Gasteiger partial charge is 0.109 e. The zero-order valence-electron chi connectivity index (χ0n) is 9.44. The number of hydrogen-bond acceptors (Lipinski definition) is 4. The Kier molecular flexibility index (Phi) is 3.72. The highest BCUT2D eigenvalue weighted by Crippen LogP contribution is 2.25. The fourth-order valence-electron chi connectivity index (χ4n) is 2.17. The maximum absolute atomic E-state index is 4.39. The molecule has 3 nitrogen and oxygen atoms in total. The summed E-state index contributed by atoms with van der Waals surface area (Å²) < 4.78 is 0.